The Bertz CT molecular complexity index is 551. The highest BCUT2D eigenvalue weighted by Crippen LogP contribution is 2.18. The molecule has 0 aliphatic rings. The van der Waals surface area contributed by atoms with Gasteiger partial charge in [0.25, 0.3) is 9.05 Å². The SMILES string of the molecule is CCCCCCCOC(=O)c1cc(S(=O)(=O)Cl)cn1C. The molecule has 20 heavy (non-hydrogen) atoms. The number of aromatic nitrogens is 1. The van der Waals surface area contributed by atoms with E-state index in [0.29, 0.717) is 6.61 Å². The van der Waals surface area contributed by atoms with Crippen LogP contribution in [-0.2, 0) is 20.8 Å². The number of ether oxygens (including phenoxy) is 1. The summed E-state index contributed by atoms with van der Waals surface area (Å²) in [6.07, 6.45) is 6.61. The minimum atomic E-state index is -3.83. The van der Waals surface area contributed by atoms with Crippen molar-refractivity contribution in [1.82, 2.24) is 4.57 Å². The van der Waals surface area contributed by atoms with Crippen molar-refractivity contribution in [2.45, 2.75) is 43.9 Å². The molecule has 0 bridgehead atoms. The molecule has 0 aromatic carbocycles. The molecular weight excluding hydrogens is 302 g/mol. The molecule has 7 heteroatoms. The third-order valence-electron chi connectivity index (χ3n) is 2.95. The van der Waals surface area contributed by atoms with Crippen molar-refractivity contribution >= 4 is 25.7 Å². The van der Waals surface area contributed by atoms with Gasteiger partial charge in [0, 0.05) is 23.9 Å². The fourth-order valence-corrected chi connectivity index (χ4v) is 2.60. The number of unbranched alkanes of at least 4 members (excludes halogenated alkanes) is 4. The van der Waals surface area contributed by atoms with E-state index in [1.807, 2.05) is 0 Å². The third kappa shape index (κ3) is 5.17. The molecule has 1 aromatic heterocycles. The quantitative estimate of drug-likeness (QED) is 0.419. The molecular formula is C13H20ClNO4S. The van der Waals surface area contributed by atoms with Crippen LogP contribution in [0.5, 0.6) is 0 Å². The van der Waals surface area contributed by atoms with Crippen molar-refractivity contribution in [3.8, 4) is 0 Å². The Hall–Kier alpha value is -1.01. The lowest BCUT2D eigenvalue weighted by Gasteiger charge is -2.05. The van der Waals surface area contributed by atoms with Gasteiger partial charge in [0.05, 0.1) is 6.61 Å². The number of rotatable bonds is 8. The van der Waals surface area contributed by atoms with E-state index in [-0.39, 0.29) is 10.6 Å². The fourth-order valence-electron chi connectivity index (χ4n) is 1.81. The van der Waals surface area contributed by atoms with Gasteiger partial charge in [-0.15, -0.1) is 0 Å². The zero-order chi connectivity index (χ0) is 15.2. The molecule has 0 spiro atoms. The van der Waals surface area contributed by atoms with E-state index in [2.05, 4.69) is 6.92 Å². The lowest BCUT2D eigenvalue weighted by Crippen LogP contribution is -2.10. The molecule has 0 amide bonds. The summed E-state index contributed by atoms with van der Waals surface area (Å²) in [5, 5.41) is 0. The summed E-state index contributed by atoms with van der Waals surface area (Å²) in [5.41, 5.74) is 0.179. The van der Waals surface area contributed by atoms with Crippen LogP contribution >= 0.6 is 10.7 Å². The minimum absolute atomic E-state index is 0.100. The van der Waals surface area contributed by atoms with Crippen molar-refractivity contribution in [3.63, 3.8) is 0 Å². The highest BCUT2D eigenvalue weighted by atomic mass is 35.7. The number of hydrogen-bond acceptors (Lipinski definition) is 4. The van der Waals surface area contributed by atoms with Gasteiger partial charge < -0.3 is 9.30 Å². The average molecular weight is 322 g/mol. The Morgan fingerprint density at radius 1 is 1.30 bits per heavy atom. The molecule has 0 unspecified atom stereocenters. The predicted octanol–water partition coefficient (Wildman–Crippen LogP) is 3.08. The smallest absolute Gasteiger partial charge is 0.354 e. The molecule has 0 radical (unpaired) electrons. The maximum atomic E-state index is 11.8. The van der Waals surface area contributed by atoms with Crippen LogP contribution in [0.2, 0.25) is 0 Å². The van der Waals surface area contributed by atoms with Gasteiger partial charge in [0.15, 0.2) is 0 Å². The van der Waals surface area contributed by atoms with E-state index in [1.54, 1.807) is 7.05 Å². The zero-order valence-corrected chi connectivity index (χ0v) is 13.3. The summed E-state index contributed by atoms with van der Waals surface area (Å²) in [5.74, 6) is -0.533. The van der Waals surface area contributed by atoms with Crippen LogP contribution in [0, 0.1) is 0 Å². The number of carbonyl (C=O) groups excluding carboxylic acids is 1. The molecule has 0 fully saturated rings. The first kappa shape index (κ1) is 17.0. The van der Waals surface area contributed by atoms with Crippen LogP contribution in [0.3, 0.4) is 0 Å². The molecule has 0 aliphatic heterocycles. The van der Waals surface area contributed by atoms with Crippen LogP contribution in [0.25, 0.3) is 0 Å². The standard InChI is InChI=1S/C13H20ClNO4S/c1-3-4-5-6-7-8-19-13(16)12-9-11(10-15(12)2)20(14,17)18/h9-10H,3-8H2,1-2H3. The topological polar surface area (TPSA) is 65.4 Å². The van der Waals surface area contributed by atoms with E-state index in [9.17, 15) is 13.2 Å². The Balaban J connectivity index is 2.50. The van der Waals surface area contributed by atoms with Crippen LogP contribution < -0.4 is 0 Å². The summed E-state index contributed by atoms with van der Waals surface area (Å²) in [6, 6.07) is 1.22. The van der Waals surface area contributed by atoms with Crippen LogP contribution in [-0.4, -0.2) is 25.6 Å². The van der Waals surface area contributed by atoms with Gasteiger partial charge in [0.2, 0.25) is 0 Å². The second kappa shape index (κ2) is 7.69. The molecule has 0 saturated heterocycles. The number of aryl methyl sites for hydroxylation is 1. The van der Waals surface area contributed by atoms with Crippen molar-refractivity contribution < 1.29 is 17.9 Å². The second-order valence-corrected chi connectivity index (χ2v) is 7.23. The fraction of sp³-hybridized carbons (Fsp3) is 0.615. The van der Waals surface area contributed by atoms with Gasteiger partial charge in [-0.2, -0.15) is 0 Å². The van der Waals surface area contributed by atoms with E-state index >= 15 is 0 Å². The van der Waals surface area contributed by atoms with Crippen molar-refractivity contribution in [2.75, 3.05) is 6.61 Å². The van der Waals surface area contributed by atoms with E-state index in [4.69, 9.17) is 15.4 Å². The van der Waals surface area contributed by atoms with Gasteiger partial charge >= 0.3 is 5.97 Å². The largest absolute Gasteiger partial charge is 0.461 e. The molecule has 0 aliphatic carbocycles. The molecule has 1 heterocycles. The predicted molar refractivity (Wildman–Crippen MR) is 77.5 cm³/mol. The first-order valence-corrected chi connectivity index (χ1v) is 8.95. The lowest BCUT2D eigenvalue weighted by atomic mass is 10.2. The Morgan fingerprint density at radius 3 is 2.50 bits per heavy atom. The summed E-state index contributed by atoms with van der Waals surface area (Å²) >= 11 is 0. The van der Waals surface area contributed by atoms with Gasteiger partial charge in [-0.1, -0.05) is 32.6 Å². The summed E-state index contributed by atoms with van der Waals surface area (Å²) < 4.78 is 28.9. The van der Waals surface area contributed by atoms with E-state index in [1.165, 1.54) is 29.7 Å². The lowest BCUT2D eigenvalue weighted by molar-refractivity contribution is 0.0486. The normalized spacial score (nSPS) is 11.6. The molecule has 1 aromatic rings. The molecule has 5 nitrogen and oxygen atoms in total. The highest BCUT2D eigenvalue weighted by molar-refractivity contribution is 8.13. The maximum absolute atomic E-state index is 11.8. The van der Waals surface area contributed by atoms with Crippen LogP contribution in [0.1, 0.15) is 49.5 Å². The Kier molecular flexibility index (Phi) is 6.55. The Morgan fingerprint density at radius 2 is 1.95 bits per heavy atom. The van der Waals surface area contributed by atoms with Crippen molar-refractivity contribution in [2.24, 2.45) is 7.05 Å². The second-order valence-electron chi connectivity index (χ2n) is 4.66. The molecule has 0 atom stereocenters. The molecule has 0 N–H and O–H groups in total. The van der Waals surface area contributed by atoms with Gasteiger partial charge in [-0.25, -0.2) is 13.2 Å². The number of nitrogens with zero attached hydrogens (tertiary/aromatic N) is 1. The first-order chi connectivity index (χ1) is 9.36. The van der Waals surface area contributed by atoms with Gasteiger partial charge in [0.1, 0.15) is 10.6 Å². The van der Waals surface area contributed by atoms with Gasteiger partial charge in [-0.3, -0.25) is 0 Å². The minimum Gasteiger partial charge on any atom is -0.461 e. The summed E-state index contributed by atoms with van der Waals surface area (Å²) in [4.78, 5) is 11.7. The van der Waals surface area contributed by atoms with Crippen LogP contribution in [0.15, 0.2) is 17.2 Å². The monoisotopic (exact) mass is 321 g/mol. The first-order valence-electron chi connectivity index (χ1n) is 6.64. The van der Waals surface area contributed by atoms with Crippen molar-refractivity contribution in [1.29, 1.82) is 0 Å². The van der Waals surface area contributed by atoms with Crippen molar-refractivity contribution in [3.05, 3.63) is 18.0 Å². The number of halogens is 1. The molecule has 0 saturated carbocycles. The number of hydrogen-bond donors (Lipinski definition) is 0. The number of esters is 1. The Labute approximate surface area is 124 Å². The van der Waals surface area contributed by atoms with Crippen LogP contribution in [0.4, 0.5) is 0 Å². The maximum Gasteiger partial charge on any atom is 0.354 e. The zero-order valence-electron chi connectivity index (χ0n) is 11.8. The highest BCUT2D eigenvalue weighted by Gasteiger charge is 2.19. The van der Waals surface area contributed by atoms with E-state index in [0.717, 1.165) is 19.3 Å². The third-order valence-corrected chi connectivity index (χ3v) is 4.27. The average Bonchev–Trinajstić information content (AvgIpc) is 2.75. The van der Waals surface area contributed by atoms with Gasteiger partial charge in [-0.05, 0) is 12.5 Å². The van der Waals surface area contributed by atoms with E-state index < -0.39 is 15.0 Å². The number of carbonyl (C=O) groups is 1. The molecule has 114 valence electrons. The summed E-state index contributed by atoms with van der Waals surface area (Å²) in [6.45, 7) is 2.48. The summed E-state index contributed by atoms with van der Waals surface area (Å²) in [7, 11) is 2.97. The molecule has 1 rings (SSSR count).